The zero-order valence-corrected chi connectivity index (χ0v) is 16.0. The zero-order chi connectivity index (χ0) is 18.3. The van der Waals surface area contributed by atoms with Crippen LogP contribution in [-0.2, 0) is 13.1 Å². The molecule has 5 heteroatoms. The highest BCUT2D eigenvalue weighted by atomic mass is 19.1. The number of hydrogen-bond acceptors (Lipinski definition) is 4. The van der Waals surface area contributed by atoms with Crippen LogP contribution in [0.3, 0.4) is 0 Å². The molecular weight excluding hydrogens is 329 g/mol. The number of piperidine rings is 1. The lowest BCUT2D eigenvalue weighted by Gasteiger charge is -2.36. The molecule has 140 valence electrons. The number of halogens is 1. The minimum atomic E-state index is -0.114. The molecule has 0 spiro atoms. The lowest BCUT2D eigenvalue weighted by molar-refractivity contribution is 0.123. The quantitative estimate of drug-likeness (QED) is 0.832. The van der Waals surface area contributed by atoms with Crippen molar-refractivity contribution < 1.29 is 8.91 Å². The van der Waals surface area contributed by atoms with Gasteiger partial charge in [0.25, 0.3) is 0 Å². The summed E-state index contributed by atoms with van der Waals surface area (Å²) in [5, 5.41) is 4.10. The van der Waals surface area contributed by atoms with Gasteiger partial charge in [0.15, 0.2) is 0 Å². The number of hydrogen-bond donors (Lipinski definition) is 0. The van der Waals surface area contributed by atoms with E-state index < -0.39 is 0 Å². The summed E-state index contributed by atoms with van der Waals surface area (Å²) < 4.78 is 18.9. The van der Waals surface area contributed by atoms with Gasteiger partial charge in [-0.15, -0.1) is 0 Å². The van der Waals surface area contributed by atoms with E-state index >= 15 is 0 Å². The maximum atomic E-state index is 13.6. The van der Waals surface area contributed by atoms with Crippen LogP contribution >= 0.6 is 0 Å². The molecule has 0 unspecified atom stereocenters. The maximum absolute atomic E-state index is 13.6. The molecule has 4 heterocycles. The van der Waals surface area contributed by atoms with Crippen LogP contribution < -0.4 is 0 Å². The van der Waals surface area contributed by atoms with Gasteiger partial charge >= 0.3 is 0 Å². The standard InChI is InChI=1S/C21H28FN3O/c1-14-8-17(5-7-21(14)22)10-25-11-18-4-6-19(25)12-24(9-18)13-20-15(2)23-26-16(20)3/h5,7-8,18-19H,4,6,9-13H2,1-3H3/t18-,19+/m0/s1. The van der Waals surface area contributed by atoms with E-state index in [1.165, 1.54) is 24.0 Å². The van der Waals surface area contributed by atoms with E-state index in [1.54, 1.807) is 6.07 Å². The van der Waals surface area contributed by atoms with Gasteiger partial charge in [0, 0.05) is 44.3 Å². The highest BCUT2D eigenvalue weighted by Gasteiger charge is 2.35. The van der Waals surface area contributed by atoms with Crippen molar-refractivity contribution in [1.82, 2.24) is 15.0 Å². The van der Waals surface area contributed by atoms with Crippen molar-refractivity contribution in [2.75, 3.05) is 19.6 Å². The summed E-state index contributed by atoms with van der Waals surface area (Å²) in [6.45, 7) is 11.1. The Morgan fingerprint density at radius 1 is 1.12 bits per heavy atom. The topological polar surface area (TPSA) is 32.5 Å². The number of nitrogens with zero attached hydrogens (tertiary/aromatic N) is 3. The largest absolute Gasteiger partial charge is 0.361 e. The van der Waals surface area contributed by atoms with Crippen molar-refractivity contribution >= 4 is 0 Å². The lowest BCUT2D eigenvalue weighted by Crippen LogP contribution is -2.43. The van der Waals surface area contributed by atoms with E-state index in [9.17, 15) is 4.39 Å². The Morgan fingerprint density at radius 2 is 1.96 bits per heavy atom. The van der Waals surface area contributed by atoms with E-state index in [2.05, 4.69) is 15.0 Å². The fraction of sp³-hybridized carbons (Fsp3) is 0.571. The summed E-state index contributed by atoms with van der Waals surface area (Å²) in [4.78, 5) is 5.18. The Hall–Kier alpha value is -1.72. The Morgan fingerprint density at radius 3 is 2.69 bits per heavy atom. The van der Waals surface area contributed by atoms with Gasteiger partial charge in [-0.05, 0) is 56.7 Å². The Kier molecular flexibility index (Phi) is 4.84. The third kappa shape index (κ3) is 3.55. The maximum Gasteiger partial charge on any atom is 0.138 e. The summed E-state index contributed by atoms with van der Waals surface area (Å²) in [5.74, 6) is 1.53. The molecule has 1 aromatic carbocycles. The zero-order valence-electron chi connectivity index (χ0n) is 16.0. The lowest BCUT2D eigenvalue weighted by atomic mass is 9.94. The summed E-state index contributed by atoms with van der Waals surface area (Å²) in [6.07, 6.45) is 2.56. The molecule has 0 N–H and O–H groups in total. The molecule has 3 aliphatic rings. The fourth-order valence-electron chi connectivity index (χ4n) is 4.59. The minimum Gasteiger partial charge on any atom is -0.361 e. The minimum absolute atomic E-state index is 0.114. The van der Waals surface area contributed by atoms with Gasteiger partial charge in [-0.1, -0.05) is 17.3 Å². The molecule has 1 aromatic heterocycles. The predicted octanol–water partition coefficient (Wildman–Crippen LogP) is 3.84. The van der Waals surface area contributed by atoms with Crippen molar-refractivity contribution in [2.24, 2.45) is 5.92 Å². The van der Waals surface area contributed by atoms with Gasteiger partial charge in [0.05, 0.1) is 5.69 Å². The van der Waals surface area contributed by atoms with Crippen LogP contribution in [0.25, 0.3) is 0 Å². The molecule has 2 bridgehead atoms. The van der Waals surface area contributed by atoms with Crippen LogP contribution in [0, 0.1) is 32.5 Å². The Bertz CT molecular complexity index is 768. The molecule has 0 amide bonds. The van der Waals surface area contributed by atoms with Gasteiger partial charge in [0.2, 0.25) is 0 Å². The van der Waals surface area contributed by atoms with E-state index in [4.69, 9.17) is 4.52 Å². The summed E-state index contributed by atoms with van der Waals surface area (Å²) in [6, 6.07) is 6.10. The van der Waals surface area contributed by atoms with E-state index in [0.717, 1.165) is 49.7 Å². The molecule has 4 nitrogen and oxygen atoms in total. The van der Waals surface area contributed by atoms with Crippen LogP contribution in [0.2, 0.25) is 0 Å². The van der Waals surface area contributed by atoms with Gasteiger partial charge < -0.3 is 4.52 Å². The fourth-order valence-corrected chi connectivity index (χ4v) is 4.59. The second kappa shape index (κ2) is 7.12. The summed E-state index contributed by atoms with van der Waals surface area (Å²) in [5.41, 5.74) is 4.21. The van der Waals surface area contributed by atoms with Gasteiger partial charge in [-0.3, -0.25) is 9.80 Å². The summed E-state index contributed by atoms with van der Waals surface area (Å²) >= 11 is 0. The van der Waals surface area contributed by atoms with Crippen molar-refractivity contribution in [1.29, 1.82) is 0 Å². The highest BCUT2D eigenvalue weighted by molar-refractivity contribution is 5.24. The first-order chi connectivity index (χ1) is 12.5. The van der Waals surface area contributed by atoms with Crippen LogP contribution in [0.15, 0.2) is 22.7 Å². The molecule has 2 aromatic rings. The number of benzene rings is 1. The van der Waals surface area contributed by atoms with Crippen molar-refractivity contribution in [3.05, 3.63) is 52.2 Å². The SMILES string of the molecule is Cc1cc(CN2C[C@H]3CC[C@@H]2CN(Cc2c(C)noc2C)C3)ccc1F. The Balaban J connectivity index is 1.47. The van der Waals surface area contributed by atoms with Crippen molar-refractivity contribution in [2.45, 2.75) is 52.7 Å². The van der Waals surface area contributed by atoms with Crippen LogP contribution in [-0.4, -0.2) is 40.6 Å². The molecular formula is C21H28FN3O. The smallest absolute Gasteiger partial charge is 0.138 e. The second-order valence-electron chi connectivity index (χ2n) is 8.11. The third-order valence-corrected chi connectivity index (χ3v) is 6.07. The average Bonchev–Trinajstić information content (AvgIpc) is 2.79. The number of rotatable bonds is 4. The van der Waals surface area contributed by atoms with E-state index in [1.807, 2.05) is 32.9 Å². The summed E-state index contributed by atoms with van der Waals surface area (Å²) in [7, 11) is 0. The molecule has 3 saturated heterocycles. The number of aromatic nitrogens is 1. The first-order valence-electron chi connectivity index (χ1n) is 9.63. The van der Waals surface area contributed by atoms with Crippen molar-refractivity contribution in [3.63, 3.8) is 0 Å². The predicted molar refractivity (Wildman–Crippen MR) is 99.3 cm³/mol. The van der Waals surface area contributed by atoms with E-state index in [-0.39, 0.29) is 5.82 Å². The molecule has 3 aliphatic heterocycles. The van der Waals surface area contributed by atoms with E-state index in [0.29, 0.717) is 12.0 Å². The molecule has 2 atom stereocenters. The van der Waals surface area contributed by atoms with Crippen LogP contribution in [0.1, 0.15) is 41.0 Å². The van der Waals surface area contributed by atoms with Crippen LogP contribution in [0.4, 0.5) is 4.39 Å². The number of aryl methyl sites for hydroxylation is 3. The molecule has 26 heavy (non-hydrogen) atoms. The normalized spacial score (nSPS) is 24.2. The van der Waals surface area contributed by atoms with Gasteiger partial charge in [-0.25, -0.2) is 4.39 Å². The van der Waals surface area contributed by atoms with Crippen LogP contribution in [0.5, 0.6) is 0 Å². The molecule has 0 radical (unpaired) electrons. The van der Waals surface area contributed by atoms with Gasteiger partial charge in [-0.2, -0.15) is 0 Å². The molecule has 0 saturated carbocycles. The monoisotopic (exact) mass is 357 g/mol. The molecule has 3 fully saturated rings. The average molecular weight is 357 g/mol. The first kappa shape index (κ1) is 17.7. The highest BCUT2D eigenvalue weighted by Crippen LogP contribution is 2.30. The first-order valence-corrected chi connectivity index (χ1v) is 9.63. The number of fused-ring (bicyclic) bond motifs is 4. The molecule has 0 aliphatic carbocycles. The van der Waals surface area contributed by atoms with Gasteiger partial charge in [0.1, 0.15) is 11.6 Å². The second-order valence-corrected chi connectivity index (χ2v) is 8.11. The van der Waals surface area contributed by atoms with Crippen molar-refractivity contribution in [3.8, 4) is 0 Å². The third-order valence-electron chi connectivity index (χ3n) is 6.07. The Labute approximate surface area is 155 Å². The molecule has 5 rings (SSSR count).